The van der Waals surface area contributed by atoms with Gasteiger partial charge in [0.05, 0.1) is 18.2 Å². The van der Waals surface area contributed by atoms with E-state index in [1.165, 1.54) is 6.42 Å². The number of aliphatic hydroxyl groups excluding tert-OH is 2. The Balaban J connectivity index is 1.76. The van der Waals surface area contributed by atoms with E-state index in [-0.39, 0.29) is 60.0 Å². The number of nitrogens with zero attached hydrogens (tertiary/aromatic N) is 2. The molecule has 3 rings (SSSR count). The Morgan fingerprint density at radius 1 is 0.809 bits per heavy atom. The summed E-state index contributed by atoms with van der Waals surface area (Å²) in [6.07, 6.45) is 13.2. The van der Waals surface area contributed by atoms with E-state index in [9.17, 15) is 24.6 Å². The van der Waals surface area contributed by atoms with Crippen LogP contribution in [0.4, 0.5) is 0 Å². The Morgan fingerprint density at radius 3 is 2.09 bits per heavy atom. The molecule has 3 saturated carbocycles. The molecule has 0 saturated heterocycles. The lowest BCUT2D eigenvalue weighted by molar-refractivity contribution is -0.139. The van der Waals surface area contributed by atoms with Crippen LogP contribution in [-0.2, 0) is 14.4 Å². The van der Waals surface area contributed by atoms with Crippen LogP contribution < -0.4 is 10.7 Å². The molecule has 4 N–H and O–H groups in total. The van der Waals surface area contributed by atoms with Crippen molar-refractivity contribution in [3.8, 4) is 11.8 Å². The predicted octanol–water partition coefficient (Wildman–Crippen LogP) is 5.19. The Labute approximate surface area is 285 Å². The molecule has 0 bridgehead atoms. The molecule has 9 nitrogen and oxygen atoms in total. The Morgan fingerprint density at radius 2 is 1.47 bits per heavy atom. The third kappa shape index (κ3) is 13.0. The second-order valence-corrected chi connectivity index (χ2v) is 14.7. The fourth-order valence-corrected chi connectivity index (χ4v) is 8.05. The highest BCUT2D eigenvalue weighted by Gasteiger charge is 2.39. The van der Waals surface area contributed by atoms with Crippen molar-refractivity contribution in [2.45, 2.75) is 155 Å². The minimum atomic E-state index is -0.883. The Kier molecular flexibility index (Phi) is 17.6. The molecule has 3 aliphatic carbocycles. The minimum Gasteiger partial charge on any atom is -0.393 e. The largest absolute Gasteiger partial charge is 0.393 e. The van der Waals surface area contributed by atoms with Crippen LogP contribution in [-0.4, -0.2) is 82.3 Å². The summed E-state index contributed by atoms with van der Waals surface area (Å²) in [4.78, 5) is 42.9. The van der Waals surface area contributed by atoms with Crippen molar-refractivity contribution >= 4 is 17.7 Å². The number of nitrogens with one attached hydrogen (secondary N) is 2. The van der Waals surface area contributed by atoms with Gasteiger partial charge in [0.25, 0.3) is 0 Å². The average molecular weight is 659 g/mol. The SMILES string of the molecule is CC#CC1CC(C(=O)NC(CC2CCC(O)CC2)C(O)CN(CCCC)NC(=O)C2CCCCC2)CC(C(=O)N(CCC)CCC)C1. The van der Waals surface area contributed by atoms with Crippen LogP contribution >= 0.6 is 0 Å². The number of hydrazine groups is 1. The highest BCUT2D eigenvalue weighted by molar-refractivity contribution is 5.83. The number of hydrogen-bond acceptors (Lipinski definition) is 6. The highest BCUT2D eigenvalue weighted by atomic mass is 16.3. The van der Waals surface area contributed by atoms with E-state index in [1.54, 1.807) is 0 Å². The van der Waals surface area contributed by atoms with Gasteiger partial charge in [-0.2, -0.15) is 0 Å². The second kappa shape index (κ2) is 21.0. The molecule has 268 valence electrons. The summed E-state index contributed by atoms with van der Waals surface area (Å²) < 4.78 is 0. The molecule has 0 spiro atoms. The standard InChI is InChI=1S/C38H66N4O5/c1-5-9-22-42(40-37(46)30-14-11-10-12-15-30)27-35(44)34(25-28-16-18-33(43)19-17-28)39-36(45)31-23-29(13-6-2)24-32(26-31)38(47)41(20-7-3)21-8-4/h28-35,43-44H,5,7-12,14-27H2,1-4H3,(H,39,45)(H,40,46). The van der Waals surface area contributed by atoms with Gasteiger partial charge in [0.15, 0.2) is 0 Å². The summed E-state index contributed by atoms with van der Waals surface area (Å²) in [5.74, 6) is 6.02. The molecule has 0 aromatic heterocycles. The third-order valence-electron chi connectivity index (χ3n) is 10.7. The van der Waals surface area contributed by atoms with Crippen LogP contribution in [0.15, 0.2) is 0 Å². The normalized spacial score (nSPS) is 26.5. The van der Waals surface area contributed by atoms with Crippen molar-refractivity contribution in [2.75, 3.05) is 26.2 Å². The van der Waals surface area contributed by atoms with Gasteiger partial charge < -0.3 is 20.4 Å². The van der Waals surface area contributed by atoms with Crippen molar-refractivity contribution < 1.29 is 24.6 Å². The molecule has 0 radical (unpaired) electrons. The number of carbonyl (C=O) groups is 3. The van der Waals surface area contributed by atoms with E-state index in [1.807, 2.05) is 16.8 Å². The zero-order valence-corrected chi connectivity index (χ0v) is 30.0. The van der Waals surface area contributed by atoms with Crippen LogP contribution in [0.5, 0.6) is 0 Å². The highest BCUT2D eigenvalue weighted by Crippen LogP contribution is 2.35. The van der Waals surface area contributed by atoms with E-state index in [0.29, 0.717) is 32.2 Å². The Bertz CT molecular complexity index is 1010. The maximum absolute atomic E-state index is 14.1. The van der Waals surface area contributed by atoms with Gasteiger partial charge in [-0.15, -0.1) is 11.8 Å². The molecule has 3 amide bonds. The number of hydrogen-bond donors (Lipinski definition) is 4. The number of aliphatic hydroxyl groups is 2. The Hall–Kier alpha value is -2.15. The van der Waals surface area contributed by atoms with Crippen LogP contribution in [0, 0.1) is 41.4 Å². The predicted molar refractivity (Wildman–Crippen MR) is 187 cm³/mol. The third-order valence-corrected chi connectivity index (χ3v) is 10.7. The van der Waals surface area contributed by atoms with Gasteiger partial charge in [-0.05, 0) is 96.3 Å². The summed E-state index contributed by atoms with van der Waals surface area (Å²) in [5.41, 5.74) is 3.13. The maximum Gasteiger partial charge on any atom is 0.237 e. The second-order valence-electron chi connectivity index (χ2n) is 14.7. The van der Waals surface area contributed by atoms with Crippen LogP contribution in [0.2, 0.25) is 0 Å². The summed E-state index contributed by atoms with van der Waals surface area (Å²) in [6, 6.07) is -0.498. The van der Waals surface area contributed by atoms with Gasteiger partial charge in [-0.1, -0.05) is 46.5 Å². The van der Waals surface area contributed by atoms with Gasteiger partial charge in [-0.25, -0.2) is 5.01 Å². The first-order chi connectivity index (χ1) is 22.7. The van der Waals surface area contributed by atoms with Crippen molar-refractivity contribution in [1.82, 2.24) is 20.7 Å². The first-order valence-corrected chi connectivity index (χ1v) is 19.1. The quantitative estimate of drug-likeness (QED) is 0.126. The molecule has 5 unspecified atom stereocenters. The number of unbranched alkanes of at least 4 members (excludes halogenated alkanes) is 1. The van der Waals surface area contributed by atoms with Gasteiger partial charge in [-0.3, -0.25) is 19.8 Å². The van der Waals surface area contributed by atoms with Gasteiger partial charge in [0.2, 0.25) is 17.7 Å². The maximum atomic E-state index is 14.1. The minimum absolute atomic E-state index is 0.0147. The molecule has 0 aromatic carbocycles. The van der Waals surface area contributed by atoms with Crippen LogP contribution in [0.3, 0.4) is 0 Å². The van der Waals surface area contributed by atoms with E-state index < -0.39 is 12.1 Å². The molecule has 9 heteroatoms. The van der Waals surface area contributed by atoms with Crippen LogP contribution in [0.25, 0.3) is 0 Å². The lowest BCUT2D eigenvalue weighted by Gasteiger charge is -2.37. The van der Waals surface area contributed by atoms with E-state index in [0.717, 1.165) is 90.1 Å². The molecule has 3 fully saturated rings. The summed E-state index contributed by atoms with van der Waals surface area (Å²) in [6.45, 7) is 10.4. The molecule has 3 aliphatic rings. The first-order valence-electron chi connectivity index (χ1n) is 19.1. The average Bonchev–Trinajstić information content (AvgIpc) is 3.07. The van der Waals surface area contributed by atoms with E-state index in [4.69, 9.17) is 0 Å². The van der Waals surface area contributed by atoms with Gasteiger partial charge in [0.1, 0.15) is 0 Å². The molecule has 0 aliphatic heterocycles. The number of rotatable bonds is 17. The van der Waals surface area contributed by atoms with Crippen LogP contribution in [0.1, 0.15) is 137 Å². The zero-order valence-electron chi connectivity index (χ0n) is 30.0. The smallest absolute Gasteiger partial charge is 0.237 e. The lowest BCUT2D eigenvalue weighted by Crippen LogP contribution is -2.55. The first kappa shape index (κ1) is 39.3. The number of carbonyl (C=O) groups excluding carboxylic acids is 3. The summed E-state index contributed by atoms with van der Waals surface area (Å²) in [7, 11) is 0. The van der Waals surface area contributed by atoms with Crippen molar-refractivity contribution in [1.29, 1.82) is 0 Å². The van der Waals surface area contributed by atoms with Gasteiger partial charge in [0, 0.05) is 49.9 Å². The molecular weight excluding hydrogens is 592 g/mol. The monoisotopic (exact) mass is 659 g/mol. The fraction of sp³-hybridized carbons (Fsp3) is 0.868. The van der Waals surface area contributed by atoms with Gasteiger partial charge >= 0.3 is 0 Å². The van der Waals surface area contributed by atoms with Crippen molar-refractivity contribution in [3.63, 3.8) is 0 Å². The van der Waals surface area contributed by atoms with Crippen molar-refractivity contribution in [2.24, 2.45) is 29.6 Å². The lowest BCUT2D eigenvalue weighted by atomic mass is 9.74. The molecule has 47 heavy (non-hydrogen) atoms. The molecular formula is C38H66N4O5. The molecule has 0 heterocycles. The number of amides is 3. The zero-order chi connectivity index (χ0) is 34.2. The van der Waals surface area contributed by atoms with Crippen molar-refractivity contribution in [3.05, 3.63) is 0 Å². The van der Waals surface area contributed by atoms with E-state index >= 15 is 0 Å². The fourth-order valence-electron chi connectivity index (χ4n) is 8.05. The van der Waals surface area contributed by atoms with E-state index in [2.05, 4.69) is 43.4 Å². The molecule has 0 aromatic rings. The summed E-state index contributed by atoms with van der Waals surface area (Å²) in [5, 5.41) is 27.0. The summed E-state index contributed by atoms with van der Waals surface area (Å²) >= 11 is 0. The topological polar surface area (TPSA) is 122 Å². The molecule has 5 atom stereocenters.